The highest BCUT2D eigenvalue weighted by atomic mass is 16.2. The number of aryl methyl sites for hydroxylation is 2. The molecular weight excluding hydrogens is 402 g/mol. The van der Waals surface area contributed by atoms with Gasteiger partial charge in [0, 0.05) is 51.1 Å². The van der Waals surface area contributed by atoms with E-state index in [9.17, 15) is 14.4 Å². The standard InChI is InChI=1S/C26H31N3O3/c30-24(23-10-9-21-7-4-8-22(21)17-23)11-12-26(32)29-15-13-28(14-16-29)19-25(31)27-18-20-5-2-1-3-6-20/h1-3,5-6,9-10,17H,4,7-8,11-16,18-19H2,(H,27,31). The molecule has 0 unspecified atom stereocenters. The minimum absolute atomic E-state index is 0.00595. The summed E-state index contributed by atoms with van der Waals surface area (Å²) in [5.74, 6) is 0.0584. The third-order valence-electron chi connectivity index (χ3n) is 6.41. The Morgan fingerprint density at radius 2 is 1.59 bits per heavy atom. The normalized spacial score (nSPS) is 15.9. The highest BCUT2D eigenvalue weighted by molar-refractivity contribution is 5.98. The summed E-state index contributed by atoms with van der Waals surface area (Å²) in [4.78, 5) is 41.2. The molecule has 0 saturated carbocycles. The van der Waals surface area contributed by atoms with Gasteiger partial charge in [0.1, 0.15) is 0 Å². The maximum absolute atomic E-state index is 12.6. The molecule has 4 rings (SSSR count). The average Bonchev–Trinajstić information content (AvgIpc) is 3.30. The number of Topliss-reactive ketones (excluding diaryl/α,β-unsaturated/α-hetero) is 1. The van der Waals surface area contributed by atoms with Crippen molar-refractivity contribution in [2.45, 2.75) is 38.6 Å². The van der Waals surface area contributed by atoms with E-state index in [2.05, 4.69) is 16.3 Å². The molecule has 0 spiro atoms. The smallest absolute Gasteiger partial charge is 0.234 e. The molecule has 0 bridgehead atoms. The van der Waals surface area contributed by atoms with Gasteiger partial charge in [-0.3, -0.25) is 19.3 Å². The lowest BCUT2D eigenvalue weighted by Crippen LogP contribution is -2.51. The fourth-order valence-electron chi connectivity index (χ4n) is 4.48. The summed E-state index contributed by atoms with van der Waals surface area (Å²) in [6, 6.07) is 15.8. The minimum Gasteiger partial charge on any atom is -0.351 e. The number of nitrogens with one attached hydrogen (secondary N) is 1. The van der Waals surface area contributed by atoms with E-state index in [1.54, 1.807) is 0 Å². The highest BCUT2D eigenvalue weighted by Crippen LogP contribution is 2.23. The van der Waals surface area contributed by atoms with Crippen molar-refractivity contribution in [3.05, 3.63) is 70.8 Å². The van der Waals surface area contributed by atoms with Gasteiger partial charge in [-0.25, -0.2) is 0 Å². The predicted octanol–water partition coefficient (Wildman–Crippen LogP) is 2.60. The van der Waals surface area contributed by atoms with Crippen molar-refractivity contribution in [3.63, 3.8) is 0 Å². The van der Waals surface area contributed by atoms with Gasteiger partial charge in [0.15, 0.2) is 5.78 Å². The zero-order chi connectivity index (χ0) is 22.3. The zero-order valence-electron chi connectivity index (χ0n) is 18.5. The van der Waals surface area contributed by atoms with Gasteiger partial charge in [0.2, 0.25) is 11.8 Å². The molecule has 2 aromatic rings. The summed E-state index contributed by atoms with van der Waals surface area (Å²) in [6.07, 6.45) is 3.80. The first-order valence-corrected chi connectivity index (χ1v) is 11.5. The van der Waals surface area contributed by atoms with E-state index in [0.29, 0.717) is 39.3 Å². The van der Waals surface area contributed by atoms with Crippen LogP contribution in [-0.4, -0.2) is 60.1 Å². The summed E-state index contributed by atoms with van der Waals surface area (Å²) in [6.45, 7) is 3.39. The van der Waals surface area contributed by atoms with Crippen molar-refractivity contribution in [2.75, 3.05) is 32.7 Å². The first-order valence-electron chi connectivity index (χ1n) is 11.5. The fraction of sp³-hybridized carbons (Fsp3) is 0.423. The van der Waals surface area contributed by atoms with Gasteiger partial charge < -0.3 is 10.2 Å². The Balaban J connectivity index is 1.16. The molecule has 6 heteroatoms. The summed E-state index contributed by atoms with van der Waals surface area (Å²) in [5.41, 5.74) is 4.44. The molecule has 0 aromatic heterocycles. The number of hydrogen-bond donors (Lipinski definition) is 1. The van der Waals surface area contributed by atoms with Crippen molar-refractivity contribution >= 4 is 17.6 Å². The minimum atomic E-state index is -0.00595. The van der Waals surface area contributed by atoms with Crippen molar-refractivity contribution < 1.29 is 14.4 Å². The number of carbonyl (C=O) groups is 3. The number of piperazine rings is 1. The molecule has 1 heterocycles. The van der Waals surface area contributed by atoms with Crippen LogP contribution in [0.5, 0.6) is 0 Å². The summed E-state index contributed by atoms with van der Waals surface area (Å²) >= 11 is 0. The van der Waals surface area contributed by atoms with Gasteiger partial charge in [-0.2, -0.15) is 0 Å². The number of fused-ring (bicyclic) bond motifs is 1. The van der Waals surface area contributed by atoms with Crippen LogP contribution in [0, 0.1) is 0 Å². The van der Waals surface area contributed by atoms with Crippen LogP contribution in [0.2, 0.25) is 0 Å². The van der Waals surface area contributed by atoms with Crippen molar-refractivity contribution in [1.29, 1.82) is 0 Å². The molecule has 1 aliphatic carbocycles. The van der Waals surface area contributed by atoms with Gasteiger partial charge in [-0.15, -0.1) is 0 Å². The average molecular weight is 434 g/mol. The number of nitrogens with zero attached hydrogens (tertiary/aromatic N) is 2. The fourth-order valence-corrected chi connectivity index (χ4v) is 4.48. The van der Waals surface area contributed by atoms with E-state index in [4.69, 9.17) is 0 Å². The number of ketones is 1. The Kier molecular flexibility index (Phi) is 7.32. The van der Waals surface area contributed by atoms with E-state index in [1.807, 2.05) is 47.4 Å². The van der Waals surface area contributed by atoms with Gasteiger partial charge in [0.25, 0.3) is 0 Å². The van der Waals surface area contributed by atoms with Crippen LogP contribution in [0.15, 0.2) is 48.5 Å². The number of rotatable bonds is 8. The Labute approximate surface area is 189 Å². The Morgan fingerprint density at radius 3 is 2.38 bits per heavy atom. The molecule has 1 N–H and O–H groups in total. The highest BCUT2D eigenvalue weighted by Gasteiger charge is 2.23. The SMILES string of the molecule is O=C(CN1CCN(C(=O)CCC(=O)c2ccc3c(c2)CCC3)CC1)NCc1ccccc1. The van der Waals surface area contributed by atoms with Crippen LogP contribution < -0.4 is 5.32 Å². The van der Waals surface area contributed by atoms with E-state index in [1.165, 1.54) is 11.1 Å². The molecule has 32 heavy (non-hydrogen) atoms. The van der Waals surface area contributed by atoms with Crippen LogP contribution in [0.25, 0.3) is 0 Å². The molecule has 2 aromatic carbocycles. The molecule has 1 saturated heterocycles. The second kappa shape index (κ2) is 10.6. The third kappa shape index (κ3) is 5.82. The molecular formula is C26H31N3O3. The van der Waals surface area contributed by atoms with E-state index >= 15 is 0 Å². The molecule has 2 amide bonds. The largest absolute Gasteiger partial charge is 0.351 e. The van der Waals surface area contributed by atoms with Crippen molar-refractivity contribution in [2.24, 2.45) is 0 Å². The Morgan fingerprint density at radius 1 is 0.844 bits per heavy atom. The second-order valence-electron chi connectivity index (χ2n) is 8.68. The summed E-state index contributed by atoms with van der Waals surface area (Å²) in [7, 11) is 0. The molecule has 1 fully saturated rings. The Hall–Kier alpha value is -2.99. The summed E-state index contributed by atoms with van der Waals surface area (Å²) in [5, 5.41) is 2.95. The lowest BCUT2D eigenvalue weighted by molar-refractivity contribution is -0.133. The molecule has 1 aliphatic heterocycles. The van der Waals surface area contributed by atoms with Crippen molar-refractivity contribution in [3.8, 4) is 0 Å². The number of benzene rings is 2. The summed E-state index contributed by atoms with van der Waals surface area (Å²) < 4.78 is 0. The first-order chi connectivity index (χ1) is 15.6. The quantitative estimate of drug-likeness (QED) is 0.650. The molecule has 6 nitrogen and oxygen atoms in total. The third-order valence-corrected chi connectivity index (χ3v) is 6.41. The molecule has 0 radical (unpaired) electrons. The van der Waals surface area contributed by atoms with Crippen LogP contribution in [0.4, 0.5) is 0 Å². The first kappa shape index (κ1) is 22.2. The van der Waals surface area contributed by atoms with E-state index in [-0.39, 0.29) is 30.4 Å². The predicted molar refractivity (Wildman–Crippen MR) is 123 cm³/mol. The number of hydrogen-bond acceptors (Lipinski definition) is 4. The van der Waals surface area contributed by atoms with Gasteiger partial charge in [-0.1, -0.05) is 42.5 Å². The lowest BCUT2D eigenvalue weighted by Gasteiger charge is -2.34. The zero-order valence-corrected chi connectivity index (χ0v) is 18.5. The maximum Gasteiger partial charge on any atom is 0.234 e. The van der Waals surface area contributed by atoms with Crippen LogP contribution >= 0.6 is 0 Å². The molecule has 2 aliphatic rings. The van der Waals surface area contributed by atoms with Gasteiger partial charge in [0.05, 0.1) is 6.54 Å². The molecule has 168 valence electrons. The lowest BCUT2D eigenvalue weighted by atomic mass is 10.0. The van der Waals surface area contributed by atoms with Crippen molar-refractivity contribution in [1.82, 2.24) is 15.1 Å². The topological polar surface area (TPSA) is 69.7 Å². The van der Waals surface area contributed by atoms with Crippen LogP contribution in [-0.2, 0) is 29.0 Å². The number of amides is 2. The second-order valence-corrected chi connectivity index (χ2v) is 8.68. The van der Waals surface area contributed by atoms with Crippen LogP contribution in [0.3, 0.4) is 0 Å². The Bertz CT molecular complexity index is 966. The van der Waals surface area contributed by atoms with Gasteiger partial charge >= 0.3 is 0 Å². The molecule has 0 atom stereocenters. The van der Waals surface area contributed by atoms with E-state index in [0.717, 1.165) is 30.4 Å². The van der Waals surface area contributed by atoms with Crippen LogP contribution in [0.1, 0.15) is 46.3 Å². The van der Waals surface area contributed by atoms with E-state index < -0.39 is 0 Å². The monoisotopic (exact) mass is 433 g/mol. The van der Waals surface area contributed by atoms with Gasteiger partial charge in [-0.05, 0) is 42.0 Å². The maximum atomic E-state index is 12.6. The number of carbonyl (C=O) groups excluding carboxylic acids is 3.